The Kier molecular flexibility index (Phi) is 5.27. The largest absolute Gasteiger partial charge is 0.437 e. The third-order valence-corrected chi connectivity index (χ3v) is 6.70. The van der Waals surface area contributed by atoms with Gasteiger partial charge in [-0.05, 0) is 49.3 Å². The molecule has 1 saturated carbocycles. The molecular weight excluding hydrogens is 402 g/mol. The molecule has 8 heteroatoms. The van der Waals surface area contributed by atoms with Crippen LogP contribution in [0.4, 0.5) is 5.82 Å². The van der Waals surface area contributed by atoms with Gasteiger partial charge in [0.2, 0.25) is 15.7 Å². The van der Waals surface area contributed by atoms with E-state index in [0.29, 0.717) is 16.7 Å². The second-order valence-electron chi connectivity index (χ2n) is 7.49. The Bertz CT molecular complexity index is 1210. The maximum absolute atomic E-state index is 12.8. The van der Waals surface area contributed by atoms with Crippen LogP contribution in [0.3, 0.4) is 0 Å². The first-order chi connectivity index (χ1) is 14.4. The molecule has 0 spiro atoms. The van der Waals surface area contributed by atoms with Gasteiger partial charge in [0, 0.05) is 12.6 Å². The number of hydrogen-bond donors (Lipinski definition) is 2. The zero-order valence-corrected chi connectivity index (χ0v) is 18.1. The second kappa shape index (κ2) is 7.75. The van der Waals surface area contributed by atoms with E-state index < -0.39 is 10.0 Å². The molecule has 2 aromatic heterocycles. The van der Waals surface area contributed by atoms with Crippen LogP contribution in [0.5, 0.6) is 0 Å². The van der Waals surface area contributed by atoms with E-state index in [9.17, 15) is 13.2 Å². The number of anilines is 1. The molecule has 7 nitrogen and oxygen atoms in total. The van der Waals surface area contributed by atoms with Crippen LogP contribution in [-0.4, -0.2) is 32.1 Å². The molecule has 1 amide bonds. The monoisotopic (exact) mass is 427 g/mol. The van der Waals surface area contributed by atoms with Crippen molar-refractivity contribution >= 4 is 32.8 Å². The SMILES string of the molecule is CCc1ccc(-c2oc3nc(NS(=O)(=O)CC)c(C4CC4)cc3c2C(=O)NC)cc1. The summed E-state index contributed by atoms with van der Waals surface area (Å²) < 4.78 is 32.9. The highest BCUT2D eigenvalue weighted by Crippen LogP contribution is 2.45. The van der Waals surface area contributed by atoms with Crippen molar-refractivity contribution in [3.8, 4) is 11.3 Å². The molecule has 4 rings (SSSR count). The number of rotatable bonds is 7. The van der Waals surface area contributed by atoms with Gasteiger partial charge in [-0.3, -0.25) is 9.52 Å². The van der Waals surface area contributed by atoms with Gasteiger partial charge in [0.1, 0.15) is 11.6 Å². The van der Waals surface area contributed by atoms with E-state index in [1.165, 1.54) is 5.56 Å². The fourth-order valence-corrected chi connectivity index (χ4v) is 4.09. The summed E-state index contributed by atoms with van der Waals surface area (Å²) in [6.45, 7) is 3.65. The average molecular weight is 428 g/mol. The molecule has 2 heterocycles. The van der Waals surface area contributed by atoms with Crippen LogP contribution in [0.15, 0.2) is 34.7 Å². The van der Waals surface area contributed by atoms with Crippen LogP contribution in [0.2, 0.25) is 0 Å². The number of pyridine rings is 1. The topological polar surface area (TPSA) is 101 Å². The van der Waals surface area contributed by atoms with Gasteiger partial charge < -0.3 is 9.73 Å². The Morgan fingerprint density at radius 2 is 1.90 bits per heavy atom. The van der Waals surface area contributed by atoms with Gasteiger partial charge >= 0.3 is 0 Å². The van der Waals surface area contributed by atoms with Crippen LogP contribution in [0.1, 0.15) is 54.1 Å². The predicted molar refractivity (Wildman–Crippen MR) is 117 cm³/mol. The second-order valence-corrected chi connectivity index (χ2v) is 9.51. The zero-order chi connectivity index (χ0) is 21.5. The van der Waals surface area contributed by atoms with Crippen molar-refractivity contribution in [2.45, 2.75) is 39.0 Å². The van der Waals surface area contributed by atoms with Crippen molar-refractivity contribution in [3.63, 3.8) is 0 Å². The first-order valence-corrected chi connectivity index (χ1v) is 11.8. The number of fused-ring (bicyclic) bond motifs is 1. The summed E-state index contributed by atoms with van der Waals surface area (Å²) in [4.78, 5) is 17.2. The molecule has 0 aliphatic heterocycles. The summed E-state index contributed by atoms with van der Waals surface area (Å²) in [5.41, 5.74) is 3.41. The molecule has 30 heavy (non-hydrogen) atoms. The van der Waals surface area contributed by atoms with Gasteiger partial charge in [0.15, 0.2) is 0 Å². The van der Waals surface area contributed by atoms with Gasteiger partial charge in [0.25, 0.3) is 5.91 Å². The quantitative estimate of drug-likeness (QED) is 0.592. The van der Waals surface area contributed by atoms with E-state index in [0.717, 1.165) is 30.4 Å². The van der Waals surface area contributed by atoms with Crippen LogP contribution >= 0.6 is 0 Å². The van der Waals surface area contributed by atoms with E-state index in [2.05, 4.69) is 21.9 Å². The van der Waals surface area contributed by atoms with E-state index >= 15 is 0 Å². The Labute approximate surface area is 175 Å². The maximum Gasteiger partial charge on any atom is 0.255 e. The third-order valence-electron chi connectivity index (χ3n) is 5.44. The zero-order valence-electron chi connectivity index (χ0n) is 17.3. The Balaban J connectivity index is 1.93. The molecule has 0 radical (unpaired) electrons. The lowest BCUT2D eigenvalue weighted by Crippen LogP contribution is -2.18. The minimum atomic E-state index is -3.49. The summed E-state index contributed by atoms with van der Waals surface area (Å²) in [6, 6.07) is 9.70. The molecule has 158 valence electrons. The molecule has 0 saturated heterocycles. The molecule has 1 aliphatic rings. The molecule has 0 bridgehead atoms. The lowest BCUT2D eigenvalue weighted by Gasteiger charge is -2.10. The molecular formula is C22H25N3O4S. The number of nitrogens with one attached hydrogen (secondary N) is 2. The summed E-state index contributed by atoms with van der Waals surface area (Å²) >= 11 is 0. The number of hydrogen-bond acceptors (Lipinski definition) is 5. The highest BCUT2D eigenvalue weighted by molar-refractivity contribution is 7.92. The molecule has 2 N–H and O–H groups in total. The van der Waals surface area contributed by atoms with Crippen molar-refractivity contribution in [1.29, 1.82) is 0 Å². The first-order valence-electron chi connectivity index (χ1n) is 10.2. The maximum atomic E-state index is 12.8. The standard InChI is InChI=1S/C22H25N3O4S/c1-4-13-6-8-15(9-7-13)19-18(21(26)23-3)17-12-16(14-10-11-14)20(24-22(17)29-19)25-30(27,28)5-2/h6-9,12,14H,4-5,10-11H2,1-3H3,(H,23,26)(H,24,25). The number of carbonyl (C=O) groups excluding carboxylic acids is 1. The van der Waals surface area contributed by atoms with Gasteiger partial charge in [-0.2, -0.15) is 4.98 Å². The predicted octanol–water partition coefficient (Wildman–Crippen LogP) is 4.06. The number of carbonyl (C=O) groups is 1. The van der Waals surface area contributed by atoms with Gasteiger partial charge in [-0.25, -0.2) is 8.42 Å². The summed E-state index contributed by atoms with van der Waals surface area (Å²) in [5, 5.41) is 3.27. The molecule has 1 aliphatic carbocycles. The number of aryl methyl sites for hydroxylation is 1. The van der Waals surface area contributed by atoms with Gasteiger partial charge in [0.05, 0.1) is 16.7 Å². The number of benzene rings is 1. The third kappa shape index (κ3) is 3.79. The minimum Gasteiger partial charge on any atom is -0.437 e. The normalized spacial score (nSPS) is 14.1. The van der Waals surface area contributed by atoms with Crippen molar-refractivity contribution in [3.05, 3.63) is 47.0 Å². The minimum absolute atomic E-state index is 0.0481. The Morgan fingerprint density at radius 3 is 2.47 bits per heavy atom. The fraction of sp³-hybridized carbons (Fsp3) is 0.364. The summed E-state index contributed by atoms with van der Waals surface area (Å²) in [5.74, 6) is 0.631. The Morgan fingerprint density at radius 1 is 1.20 bits per heavy atom. The highest BCUT2D eigenvalue weighted by atomic mass is 32.2. The molecule has 0 atom stereocenters. The van der Waals surface area contributed by atoms with Crippen molar-refractivity contribution in [2.75, 3.05) is 17.5 Å². The average Bonchev–Trinajstić information content (AvgIpc) is 3.53. The van der Waals surface area contributed by atoms with Crippen LogP contribution < -0.4 is 10.0 Å². The van der Waals surface area contributed by atoms with Crippen LogP contribution in [-0.2, 0) is 16.4 Å². The van der Waals surface area contributed by atoms with Crippen molar-refractivity contribution in [1.82, 2.24) is 10.3 Å². The lowest BCUT2D eigenvalue weighted by molar-refractivity contribution is 0.0964. The van der Waals surface area contributed by atoms with E-state index in [4.69, 9.17) is 4.42 Å². The van der Waals surface area contributed by atoms with Crippen LogP contribution in [0, 0.1) is 0 Å². The van der Waals surface area contributed by atoms with Crippen molar-refractivity contribution in [2.24, 2.45) is 0 Å². The van der Waals surface area contributed by atoms with Crippen LogP contribution in [0.25, 0.3) is 22.4 Å². The summed E-state index contributed by atoms with van der Waals surface area (Å²) in [7, 11) is -1.91. The number of amides is 1. The molecule has 1 fully saturated rings. The fourth-order valence-electron chi connectivity index (χ4n) is 3.49. The number of nitrogens with zero attached hydrogens (tertiary/aromatic N) is 1. The first kappa shape index (κ1) is 20.4. The van der Waals surface area contributed by atoms with Gasteiger partial charge in [-0.1, -0.05) is 31.2 Å². The number of aromatic nitrogens is 1. The lowest BCUT2D eigenvalue weighted by atomic mass is 10.0. The van der Waals surface area contributed by atoms with E-state index in [1.807, 2.05) is 30.3 Å². The van der Waals surface area contributed by atoms with E-state index in [-0.39, 0.29) is 29.1 Å². The Hall–Kier alpha value is -2.87. The molecule has 0 unspecified atom stereocenters. The number of sulfonamides is 1. The van der Waals surface area contributed by atoms with E-state index in [1.54, 1.807) is 14.0 Å². The smallest absolute Gasteiger partial charge is 0.255 e. The highest BCUT2D eigenvalue weighted by Gasteiger charge is 2.31. The number of furan rings is 1. The molecule has 1 aromatic carbocycles. The van der Waals surface area contributed by atoms with Gasteiger partial charge in [-0.15, -0.1) is 0 Å². The summed E-state index contributed by atoms with van der Waals surface area (Å²) in [6.07, 6.45) is 2.84. The molecule has 3 aromatic rings. The van der Waals surface area contributed by atoms with Crippen molar-refractivity contribution < 1.29 is 17.6 Å².